The van der Waals surface area contributed by atoms with Crippen LogP contribution < -0.4 is 10.6 Å². The van der Waals surface area contributed by atoms with E-state index < -0.39 is 0 Å². The van der Waals surface area contributed by atoms with Crippen LogP contribution in [0.2, 0.25) is 0 Å². The Labute approximate surface area is 120 Å². The number of hydrogen-bond acceptors (Lipinski definition) is 6. The van der Waals surface area contributed by atoms with Crippen molar-refractivity contribution in [2.45, 2.75) is 51.0 Å². The molecule has 0 saturated heterocycles. The molecule has 0 unspecified atom stereocenters. The Balaban J connectivity index is 1.81. The summed E-state index contributed by atoms with van der Waals surface area (Å²) < 4.78 is 5.02. The molecule has 2 N–H and O–H groups in total. The summed E-state index contributed by atoms with van der Waals surface area (Å²) in [7, 11) is 1.71. The van der Waals surface area contributed by atoms with Crippen molar-refractivity contribution in [3.63, 3.8) is 0 Å². The van der Waals surface area contributed by atoms with E-state index in [1.807, 2.05) is 0 Å². The van der Waals surface area contributed by atoms with Gasteiger partial charge >= 0.3 is 0 Å². The Morgan fingerprint density at radius 1 is 1.25 bits per heavy atom. The van der Waals surface area contributed by atoms with Gasteiger partial charge in [-0.05, 0) is 19.3 Å². The molecule has 1 aliphatic carbocycles. The molecule has 1 aliphatic rings. The van der Waals surface area contributed by atoms with Crippen LogP contribution in [0.1, 0.15) is 44.9 Å². The number of nitrogens with zero attached hydrogens (tertiary/aromatic N) is 3. The van der Waals surface area contributed by atoms with E-state index in [9.17, 15) is 0 Å². The van der Waals surface area contributed by atoms with Crippen LogP contribution in [0.15, 0.2) is 6.20 Å². The first-order valence-corrected chi connectivity index (χ1v) is 7.57. The van der Waals surface area contributed by atoms with Crippen LogP contribution in [0, 0.1) is 0 Å². The summed E-state index contributed by atoms with van der Waals surface area (Å²) in [5.74, 6) is 1.40. The molecule has 0 amide bonds. The number of ether oxygens (including phenoxy) is 1. The van der Waals surface area contributed by atoms with Gasteiger partial charge in [0, 0.05) is 26.3 Å². The molecule has 6 heteroatoms. The first kappa shape index (κ1) is 15.0. The van der Waals surface area contributed by atoms with E-state index in [-0.39, 0.29) is 0 Å². The van der Waals surface area contributed by atoms with Crippen molar-refractivity contribution in [2.75, 3.05) is 30.9 Å². The van der Waals surface area contributed by atoms with Gasteiger partial charge in [0.05, 0.1) is 6.20 Å². The van der Waals surface area contributed by atoms with E-state index in [2.05, 4.69) is 25.8 Å². The van der Waals surface area contributed by atoms with Crippen LogP contribution in [-0.2, 0) is 4.74 Å². The molecule has 0 aromatic carbocycles. The zero-order valence-corrected chi connectivity index (χ0v) is 12.3. The summed E-state index contributed by atoms with van der Waals surface area (Å²) in [5, 5.41) is 14.7. The summed E-state index contributed by atoms with van der Waals surface area (Å²) >= 11 is 0. The van der Waals surface area contributed by atoms with Gasteiger partial charge in [0.15, 0.2) is 5.82 Å². The lowest BCUT2D eigenvalue weighted by Gasteiger charge is -2.16. The highest BCUT2D eigenvalue weighted by Gasteiger charge is 2.13. The zero-order valence-electron chi connectivity index (χ0n) is 12.3. The Hall–Kier alpha value is -1.43. The lowest BCUT2D eigenvalue weighted by atomic mass is 10.1. The standard InChI is InChI=1S/C14H25N5O/c1-20-10-6-9-15-13-11-16-19-14(18-13)17-12-7-4-2-3-5-8-12/h11-12H,2-10H2,1H3,(H2,15,17,18,19). The van der Waals surface area contributed by atoms with E-state index in [0.29, 0.717) is 12.0 Å². The molecule has 112 valence electrons. The predicted octanol–water partition coefficient (Wildman–Crippen LogP) is 2.45. The maximum atomic E-state index is 5.02. The maximum Gasteiger partial charge on any atom is 0.244 e. The second-order valence-electron chi connectivity index (χ2n) is 5.27. The third-order valence-corrected chi connectivity index (χ3v) is 3.58. The number of aromatic nitrogens is 3. The Kier molecular flexibility index (Phi) is 6.50. The van der Waals surface area contributed by atoms with Gasteiger partial charge in [0.1, 0.15) is 0 Å². The molecule has 6 nitrogen and oxygen atoms in total. The van der Waals surface area contributed by atoms with Crippen molar-refractivity contribution in [2.24, 2.45) is 0 Å². The molecule has 0 atom stereocenters. The van der Waals surface area contributed by atoms with Crippen molar-refractivity contribution in [1.82, 2.24) is 15.2 Å². The van der Waals surface area contributed by atoms with Crippen LogP contribution >= 0.6 is 0 Å². The molecule has 0 spiro atoms. The number of hydrogen-bond donors (Lipinski definition) is 2. The fraction of sp³-hybridized carbons (Fsp3) is 0.786. The average Bonchev–Trinajstić information content (AvgIpc) is 2.73. The quantitative estimate of drug-likeness (QED) is 0.590. The fourth-order valence-corrected chi connectivity index (χ4v) is 2.49. The van der Waals surface area contributed by atoms with E-state index in [4.69, 9.17) is 4.74 Å². The van der Waals surface area contributed by atoms with Gasteiger partial charge in [0.2, 0.25) is 5.95 Å². The van der Waals surface area contributed by atoms with Gasteiger partial charge in [0.25, 0.3) is 0 Å². The monoisotopic (exact) mass is 279 g/mol. The maximum absolute atomic E-state index is 5.02. The van der Waals surface area contributed by atoms with Crippen LogP contribution in [0.4, 0.5) is 11.8 Å². The molecule has 1 aromatic heterocycles. The minimum absolute atomic E-state index is 0.489. The second kappa shape index (κ2) is 8.68. The molecule has 0 bridgehead atoms. The third kappa shape index (κ3) is 5.28. The highest BCUT2D eigenvalue weighted by molar-refractivity contribution is 5.37. The van der Waals surface area contributed by atoms with Crippen LogP contribution in [0.25, 0.3) is 0 Å². The lowest BCUT2D eigenvalue weighted by Crippen LogP contribution is -2.20. The van der Waals surface area contributed by atoms with E-state index in [0.717, 1.165) is 25.4 Å². The van der Waals surface area contributed by atoms with E-state index in [1.165, 1.54) is 38.5 Å². The van der Waals surface area contributed by atoms with Crippen molar-refractivity contribution in [3.8, 4) is 0 Å². The van der Waals surface area contributed by atoms with Gasteiger partial charge in [-0.1, -0.05) is 25.7 Å². The number of nitrogens with one attached hydrogen (secondary N) is 2. The van der Waals surface area contributed by atoms with Gasteiger partial charge in [-0.3, -0.25) is 0 Å². The number of methoxy groups -OCH3 is 1. The molecule has 1 saturated carbocycles. The molecule has 1 heterocycles. The Bertz CT molecular complexity index is 380. The van der Waals surface area contributed by atoms with Crippen LogP contribution in [0.5, 0.6) is 0 Å². The summed E-state index contributed by atoms with van der Waals surface area (Å²) in [5.41, 5.74) is 0. The molecule has 1 fully saturated rings. The first-order chi connectivity index (χ1) is 9.88. The normalized spacial score (nSPS) is 16.6. The number of anilines is 2. The van der Waals surface area contributed by atoms with Crippen LogP contribution in [-0.4, -0.2) is 41.5 Å². The molecular formula is C14H25N5O. The van der Waals surface area contributed by atoms with Crippen molar-refractivity contribution >= 4 is 11.8 Å². The molecule has 20 heavy (non-hydrogen) atoms. The minimum atomic E-state index is 0.489. The summed E-state index contributed by atoms with van der Waals surface area (Å²) in [6.07, 6.45) is 10.3. The van der Waals surface area contributed by atoms with E-state index >= 15 is 0 Å². The first-order valence-electron chi connectivity index (χ1n) is 7.57. The van der Waals surface area contributed by atoms with Gasteiger partial charge in [-0.15, -0.1) is 5.10 Å². The summed E-state index contributed by atoms with van der Waals surface area (Å²) in [4.78, 5) is 4.46. The van der Waals surface area contributed by atoms with Gasteiger partial charge < -0.3 is 15.4 Å². The SMILES string of the molecule is COCCCNc1cnnc(NC2CCCCCC2)n1. The fourth-order valence-electron chi connectivity index (χ4n) is 2.49. The minimum Gasteiger partial charge on any atom is -0.385 e. The van der Waals surface area contributed by atoms with Crippen molar-refractivity contribution in [1.29, 1.82) is 0 Å². The Morgan fingerprint density at radius 2 is 2.05 bits per heavy atom. The summed E-state index contributed by atoms with van der Waals surface area (Å²) in [6.45, 7) is 1.58. The predicted molar refractivity (Wildman–Crippen MR) is 79.9 cm³/mol. The van der Waals surface area contributed by atoms with Crippen molar-refractivity contribution < 1.29 is 4.74 Å². The topological polar surface area (TPSA) is 72.0 Å². The third-order valence-electron chi connectivity index (χ3n) is 3.58. The summed E-state index contributed by atoms with van der Waals surface area (Å²) in [6, 6.07) is 0.489. The smallest absolute Gasteiger partial charge is 0.244 e. The Morgan fingerprint density at radius 3 is 2.80 bits per heavy atom. The second-order valence-corrected chi connectivity index (χ2v) is 5.27. The molecule has 1 aromatic rings. The van der Waals surface area contributed by atoms with Gasteiger partial charge in [-0.2, -0.15) is 10.1 Å². The lowest BCUT2D eigenvalue weighted by molar-refractivity contribution is 0.197. The van der Waals surface area contributed by atoms with Gasteiger partial charge in [-0.25, -0.2) is 0 Å². The van der Waals surface area contributed by atoms with Crippen LogP contribution in [0.3, 0.4) is 0 Å². The molecule has 0 radical (unpaired) electrons. The highest BCUT2D eigenvalue weighted by atomic mass is 16.5. The molecule has 2 rings (SSSR count). The average molecular weight is 279 g/mol. The largest absolute Gasteiger partial charge is 0.385 e. The van der Waals surface area contributed by atoms with Crippen molar-refractivity contribution in [3.05, 3.63) is 6.20 Å². The number of rotatable bonds is 7. The molecule has 0 aliphatic heterocycles. The van der Waals surface area contributed by atoms with E-state index in [1.54, 1.807) is 13.3 Å². The highest BCUT2D eigenvalue weighted by Crippen LogP contribution is 2.19. The molecular weight excluding hydrogens is 254 g/mol. The zero-order chi connectivity index (χ0) is 14.0.